The molecule has 0 amide bonds. The maximum absolute atomic E-state index is 11.1. The number of methoxy groups -OCH3 is 1. The lowest BCUT2D eigenvalue weighted by atomic mass is 10.3. The highest BCUT2D eigenvalue weighted by atomic mass is 16.5. The standard InChI is InChI=1S/C8H7N3O2/c1-13-8(12)11-7-5-3-2-4-6(7)9-10-11/h2-5H,1H3. The molecule has 0 radical (unpaired) electrons. The van der Waals surface area contributed by atoms with Gasteiger partial charge in [-0.15, -0.1) is 9.78 Å². The van der Waals surface area contributed by atoms with Crippen LogP contribution in [0.2, 0.25) is 0 Å². The molecule has 5 nitrogen and oxygen atoms in total. The van der Waals surface area contributed by atoms with Crippen LogP contribution in [0.3, 0.4) is 0 Å². The fourth-order valence-corrected chi connectivity index (χ4v) is 1.09. The molecular weight excluding hydrogens is 170 g/mol. The molecule has 2 rings (SSSR count). The van der Waals surface area contributed by atoms with Crippen LogP contribution >= 0.6 is 0 Å². The van der Waals surface area contributed by atoms with Crippen LogP contribution in [0.1, 0.15) is 0 Å². The SMILES string of the molecule is COC(=O)n1nnc2ccccc21. The Kier molecular flexibility index (Phi) is 1.70. The van der Waals surface area contributed by atoms with Crippen LogP contribution in [0.4, 0.5) is 4.79 Å². The third kappa shape index (κ3) is 1.14. The molecule has 0 unspecified atom stereocenters. The van der Waals surface area contributed by atoms with E-state index >= 15 is 0 Å². The van der Waals surface area contributed by atoms with Crippen molar-refractivity contribution in [2.45, 2.75) is 0 Å². The first kappa shape index (κ1) is 7.72. The molecule has 5 heteroatoms. The van der Waals surface area contributed by atoms with Gasteiger partial charge in [0, 0.05) is 0 Å². The van der Waals surface area contributed by atoms with Crippen molar-refractivity contribution < 1.29 is 9.53 Å². The van der Waals surface area contributed by atoms with Gasteiger partial charge in [0.2, 0.25) is 0 Å². The number of hydrogen-bond acceptors (Lipinski definition) is 4. The minimum absolute atomic E-state index is 0.534. The number of aromatic nitrogens is 3. The van der Waals surface area contributed by atoms with E-state index in [1.165, 1.54) is 7.11 Å². The van der Waals surface area contributed by atoms with Crippen LogP contribution in [0, 0.1) is 0 Å². The number of benzene rings is 1. The van der Waals surface area contributed by atoms with Crippen molar-refractivity contribution in [3.05, 3.63) is 24.3 Å². The van der Waals surface area contributed by atoms with E-state index in [-0.39, 0.29) is 0 Å². The maximum atomic E-state index is 11.1. The molecule has 0 bridgehead atoms. The summed E-state index contributed by atoms with van der Waals surface area (Å²) in [6.45, 7) is 0. The predicted octanol–water partition coefficient (Wildman–Crippen LogP) is 1.05. The Balaban J connectivity index is 2.64. The zero-order valence-electron chi connectivity index (χ0n) is 6.97. The van der Waals surface area contributed by atoms with Gasteiger partial charge in [-0.2, -0.15) is 0 Å². The second kappa shape index (κ2) is 2.85. The smallest absolute Gasteiger partial charge is 0.436 e. The van der Waals surface area contributed by atoms with Gasteiger partial charge in [-0.1, -0.05) is 17.3 Å². The van der Waals surface area contributed by atoms with Crippen molar-refractivity contribution in [1.82, 2.24) is 15.0 Å². The zero-order valence-corrected chi connectivity index (χ0v) is 6.97. The van der Waals surface area contributed by atoms with Gasteiger partial charge in [-0.3, -0.25) is 0 Å². The molecule has 66 valence electrons. The summed E-state index contributed by atoms with van der Waals surface area (Å²) < 4.78 is 5.64. The summed E-state index contributed by atoms with van der Waals surface area (Å²) in [4.78, 5) is 11.1. The van der Waals surface area contributed by atoms with E-state index in [0.29, 0.717) is 11.0 Å². The fourth-order valence-electron chi connectivity index (χ4n) is 1.09. The van der Waals surface area contributed by atoms with Crippen molar-refractivity contribution >= 4 is 17.1 Å². The van der Waals surface area contributed by atoms with Gasteiger partial charge in [0.15, 0.2) is 0 Å². The number of para-hydroxylation sites is 1. The molecule has 0 N–H and O–H groups in total. The molecule has 1 aromatic heterocycles. The van der Waals surface area contributed by atoms with Crippen molar-refractivity contribution in [2.24, 2.45) is 0 Å². The minimum atomic E-state index is -0.534. The number of carbonyl (C=O) groups excluding carboxylic acids is 1. The molecule has 1 heterocycles. The number of ether oxygens (including phenoxy) is 1. The van der Waals surface area contributed by atoms with Crippen LogP contribution in [0.25, 0.3) is 11.0 Å². The molecule has 0 fully saturated rings. The van der Waals surface area contributed by atoms with E-state index in [4.69, 9.17) is 0 Å². The molecule has 0 aliphatic carbocycles. The Hall–Kier alpha value is -1.91. The molecule has 0 aliphatic rings. The Morgan fingerprint density at radius 3 is 3.00 bits per heavy atom. The molecule has 0 saturated carbocycles. The van der Waals surface area contributed by atoms with Crippen LogP contribution in [-0.2, 0) is 4.74 Å². The van der Waals surface area contributed by atoms with Crippen LogP contribution in [-0.4, -0.2) is 28.2 Å². The normalized spacial score (nSPS) is 10.2. The monoisotopic (exact) mass is 177 g/mol. The third-order valence-corrected chi connectivity index (χ3v) is 1.70. The van der Waals surface area contributed by atoms with Gasteiger partial charge >= 0.3 is 6.09 Å². The first-order chi connectivity index (χ1) is 6.33. The molecule has 0 aliphatic heterocycles. The van der Waals surface area contributed by atoms with Crippen molar-refractivity contribution in [3.8, 4) is 0 Å². The Labute approximate surface area is 73.9 Å². The number of nitrogens with zero attached hydrogens (tertiary/aromatic N) is 3. The van der Waals surface area contributed by atoms with Crippen molar-refractivity contribution in [2.75, 3.05) is 7.11 Å². The lowest BCUT2D eigenvalue weighted by molar-refractivity contribution is 0.170. The summed E-state index contributed by atoms with van der Waals surface area (Å²) in [7, 11) is 1.30. The van der Waals surface area contributed by atoms with E-state index in [0.717, 1.165) is 4.68 Å². The number of fused-ring (bicyclic) bond motifs is 1. The number of rotatable bonds is 0. The fraction of sp³-hybridized carbons (Fsp3) is 0.125. The van der Waals surface area contributed by atoms with E-state index in [1.807, 2.05) is 12.1 Å². The lowest BCUT2D eigenvalue weighted by Gasteiger charge is -1.96. The highest BCUT2D eigenvalue weighted by Gasteiger charge is 2.10. The van der Waals surface area contributed by atoms with E-state index in [9.17, 15) is 4.79 Å². The highest BCUT2D eigenvalue weighted by Crippen LogP contribution is 2.09. The predicted molar refractivity (Wildman–Crippen MR) is 45.3 cm³/mol. The Morgan fingerprint density at radius 2 is 2.23 bits per heavy atom. The number of carbonyl (C=O) groups is 1. The van der Waals surface area contributed by atoms with Gasteiger partial charge in [-0.25, -0.2) is 4.79 Å². The Morgan fingerprint density at radius 1 is 1.46 bits per heavy atom. The second-order valence-corrected chi connectivity index (χ2v) is 2.46. The van der Waals surface area contributed by atoms with Gasteiger partial charge in [0.1, 0.15) is 11.0 Å². The second-order valence-electron chi connectivity index (χ2n) is 2.46. The van der Waals surface area contributed by atoms with Gasteiger partial charge in [0.05, 0.1) is 7.11 Å². The van der Waals surface area contributed by atoms with E-state index in [2.05, 4.69) is 15.0 Å². The van der Waals surface area contributed by atoms with Crippen molar-refractivity contribution in [1.29, 1.82) is 0 Å². The zero-order chi connectivity index (χ0) is 9.26. The van der Waals surface area contributed by atoms with Gasteiger partial charge in [-0.05, 0) is 12.1 Å². The minimum Gasteiger partial charge on any atom is -0.451 e. The molecule has 1 aromatic carbocycles. The summed E-state index contributed by atoms with van der Waals surface area (Å²) in [5.74, 6) is 0. The largest absolute Gasteiger partial charge is 0.451 e. The lowest BCUT2D eigenvalue weighted by Crippen LogP contribution is -2.12. The van der Waals surface area contributed by atoms with E-state index < -0.39 is 6.09 Å². The third-order valence-electron chi connectivity index (χ3n) is 1.70. The molecule has 0 saturated heterocycles. The molecule has 0 atom stereocenters. The van der Waals surface area contributed by atoms with Crippen LogP contribution < -0.4 is 0 Å². The van der Waals surface area contributed by atoms with Gasteiger partial charge < -0.3 is 4.74 Å². The average Bonchev–Trinajstić information content (AvgIpc) is 2.60. The van der Waals surface area contributed by atoms with Crippen LogP contribution in [0.5, 0.6) is 0 Å². The van der Waals surface area contributed by atoms with E-state index in [1.54, 1.807) is 12.1 Å². The first-order valence-corrected chi connectivity index (χ1v) is 3.71. The van der Waals surface area contributed by atoms with Crippen LogP contribution in [0.15, 0.2) is 24.3 Å². The molecule has 0 spiro atoms. The first-order valence-electron chi connectivity index (χ1n) is 3.71. The Bertz CT molecular complexity index is 449. The summed E-state index contributed by atoms with van der Waals surface area (Å²) in [6, 6.07) is 7.18. The van der Waals surface area contributed by atoms with Gasteiger partial charge in [0.25, 0.3) is 0 Å². The topological polar surface area (TPSA) is 57.0 Å². The summed E-state index contributed by atoms with van der Waals surface area (Å²) in [5.41, 5.74) is 1.32. The summed E-state index contributed by atoms with van der Waals surface area (Å²) in [5, 5.41) is 7.46. The quantitative estimate of drug-likeness (QED) is 0.603. The molecule has 13 heavy (non-hydrogen) atoms. The van der Waals surface area contributed by atoms with Crippen molar-refractivity contribution in [3.63, 3.8) is 0 Å². The number of hydrogen-bond donors (Lipinski definition) is 0. The maximum Gasteiger partial charge on any atom is 0.436 e. The molecule has 2 aromatic rings. The average molecular weight is 177 g/mol. The summed E-state index contributed by atoms with van der Waals surface area (Å²) >= 11 is 0. The summed E-state index contributed by atoms with van der Waals surface area (Å²) in [6.07, 6.45) is -0.534. The molecular formula is C8H7N3O2. The highest BCUT2D eigenvalue weighted by molar-refractivity contribution is 5.84.